The zero-order valence-electron chi connectivity index (χ0n) is 8.27. The van der Waals surface area contributed by atoms with E-state index in [1.807, 2.05) is 0 Å². The second kappa shape index (κ2) is 4.28. The largest absolute Gasteiger partial charge is 0.328 e. The van der Waals surface area contributed by atoms with Crippen molar-refractivity contribution in [2.75, 3.05) is 5.32 Å². The first-order chi connectivity index (χ1) is 7.65. The van der Waals surface area contributed by atoms with Crippen LogP contribution in [0.4, 0.5) is 6.01 Å². The summed E-state index contributed by atoms with van der Waals surface area (Å²) < 4.78 is 4.73. The number of aryl methyl sites for hydroxylation is 1. The topological polar surface area (TPSA) is 80.9 Å². The zero-order chi connectivity index (χ0) is 11.5. The summed E-state index contributed by atoms with van der Waals surface area (Å²) in [6, 6.07) is 4.77. The molecule has 0 bridgehead atoms. The molecule has 0 spiro atoms. The maximum Gasteiger partial charge on any atom is 0.328 e. The van der Waals surface area contributed by atoms with Gasteiger partial charge in [-0.2, -0.15) is 4.98 Å². The second-order valence-corrected chi connectivity index (χ2v) is 3.33. The molecule has 2 aromatic heterocycles. The number of nitrogens with one attached hydrogen (secondary N) is 1. The molecule has 1 amide bonds. The molecule has 0 saturated carbocycles. The Kier molecular flexibility index (Phi) is 2.82. The lowest BCUT2D eigenvalue weighted by molar-refractivity contribution is 0.101. The minimum atomic E-state index is -0.453. The fourth-order valence-corrected chi connectivity index (χ4v) is 1.21. The molecule has 16 heavy (non-hydrogen) atoms. The lowest BCUT2D eigenvalue weighted by Gasteiger charge is -1.99. The van der Waals surface area contributed by atoms with E-state index in [0.29, 0.717) is 5.82 Å². The molecule has 0 aliphatic carbocycles. The number of anilines is 1. The molecule has 0 aliphatic rings. The van der Waals surface area contributed by atoms with Gasteiger partial charge in [0.25, 0.3) is 5.91 Å². The number of carbonyl (C=O) groups is 1. The summed E-state index contributed by atoms with van der Waals surface area (Å²) in [5, 5.41) is 6.18. The number of pyridine rings is 1. The minimum absolute atomic E-state index is 0.0317. The summed E-state index contributed by atoms with van der Waals surface area (Å²) in [5.41, 5.74) is 0.184. The molecule has 0 aliphatic heterocycles. The number of nitrogens with zero attached hydrogens (tertiary/aromatic N) is 3. The Morgan fingerprint density at radius 2 is 2.25 bits per heavy atom. The molecule has 0 aromatic carbocycles. The molecule has 1 N–H and O–H groups in total. The summed E-state index contributed by atoms with van der Waals surface area (Å²) in [4.78, 5) is 19.3. The molecule has 0 fully saturated rings. The second-order valence-electron chi connectivity index (χ2n) is 2.95. The molecule has 82 valence electrons. The van der Waals surface area contributed by atoms with E-state index in [0.717, 1.165) is 0 Å². The third-order valence-corrected chi connectivity index (χ3v) is 1.91. The van der Waals surface area contributed by atoms with Gasteiger partial charge in [-0.1, -0.05) is 22.8 Å². The number of aromatic nitrogens is 3. The summed E-state index contributed by atoms with van der Waals surface area (Å²) in [5.74, 6) is -0.0134. The van der Waals surface area contributed by atoms with Crippen molar-refractivity contribution in [3.63, 3.8) is 0 Å². The third-order valence-electron chi connectivity index (χ3n) is 1.70. The highest BCUT2D eigenvalue weighted by Crippen LogP contribution is 2.08. The maximum atomic E-state index is 11.6. The number of hydrogen-bond acceptors (Lipinski definition) is 5. The van der Waals surface area contributed by atoms with Crippen molar-refractivity contribution in [3.05, 3.63) is 34.9 Å². The van der Waals surface area contributed by atoms with Gasteiger partial charge in [0.1, 0.15) is 10.8 Å². The number of carbonyl (C=O) groups excluding carboxylic acids is 1. The standard InChI is InChI=1S/C9H7ClN4O2/c1-5-11-9(16-14-5)13-8(15)6-3-2-4-7(10)12-6/h2-4H,1H3,(H,11,13,14,15). The summed E-state index contributed by atoms with van der Waals surface area (Å²) >= 11 is 5.65. The number of hydrogen-bond donors (Lipinski definition) is 1. The van der Waals surface area contributed by atoms with Crippen molar-refractivity contribution < 1.29 is 9.32 Å². The van der Waals surface area contributed by atoms with Crippen molar-refractivity contribution in [3.8, 4) is 0 Å². The zero-order valence-corrected chi connectivity index (χ0v) is 9.02. The SMILES string of the molecule is Cc1noc(NC(=O)c2cccc(Cl)n2)n1. The highest BCUT2D eigenvalue weighted by Gasteiger charge is 2.11. The molecule has 2 heterocycles. The van der Waals surface area contributed by atoms with Gasteiger partial charge in [-0.15, -0.1) is 0 Å². The van der Waals surface area contributed by atoms with Crippen molar-refractivity contribution in [1.29, 1.82) is 0 Å². The van der Waals surface area contributed by atoms with Crippen LogP contribution in [-0.2, 0) is 0 Å². The monoisotopic (exact) mass is 238 g/mol. The van der Waals surface area contributed by atoms with Crippen molar-refractivity contribution >= 4 is 23.5 Å². The van der Waals surface area contributed by atoms with Gasteiger partial charge in [0.05, 0.1) is 0 Å². The number of rotatable bonds is 2. The van der Waals surface area contributed by atoms with Crippen LogP contribution in [0, 0.1) is 6.92 Å². The van der Waals surface area contributed by atoms with Crippen LogP contribution in [0.3, 0.4) is 0 Å². The van der Waals surface area contributed by atoms with E-state index in [9.17, 15) is 4.79 Å². The Balaban J connectivity index is 2.14. The van der Waals surface area contributed by atoms with E-state index in [4.69, 9.17) is 16.1 Å². The normalized spacial score (nSPS) is 10.1. The molecular weight excluding hydrogens is 232 g/mol. The van der Waals surface area contributed by atoms with E-state index in [1.54, 1.807) is 19.1 Å². The fraction of sp³-hybridized carbons (Fsp3) is 0.111. The van der Waals surface area contributed by atoms with Crippen LogP contribution in [0.5, 0.6) is 0 Å². The Labute approximate surface area is 95.6 Å². The highest BCUT2D eigenvalue weighted by molar-refractivity contribution is 6.29. The van der Waals surface area contributed by atoms with Gasteiger partial charge < -0.3 is 4.52 Å². The summed E-state index contributed by atoms with van der Waals surface area (Å²) in [6.45, 7) is 1.65. The molecule has 2 rings (SSSR count). The molecule has 0 atom stereocenters. The molecule has 0 unspecified atom stereocenters. The van der Waals surface area contributed by atoms with Crippen LogP contribution in [-0.4, -0.2) is 21.0 Å². The molecular formula is C9H7ClN4O2. The van der Waals surface area contributed by atoms with Crippen LogP contribution in [0.1, 0.15) is 16.3 Å². The van der Waals surface area contributed by atoms with Crippen LogP contribution in [0.25, 0.3) is 0 Å². The van der Waals surface area contributed by atoms with Gasteiger partial charge in [0.15, 0.2) is 5.82 Å². The smallest absolute Gasteiger partial charge is 0.315 e. The first kappa shape index (κ1) is 10.6. The Morgan fingerprint density at radius 1 is 1.44 bits per heavy atom. The average molecular weight is 239 g/mol. The fourth-order valence-electron chi connectivity index (χ4n) is 1.04. The molecule has 7 heteroatoms. The van der Waals surface area contributed by atoms with Crippen molar-refractivity contribution in [1.82, 2.24) is 15.1 Å². The average Bonchev–Trinajstić information content (AvgIpc) is 2.64. The van der Waals surface area contributed by atoms with E-state index in [1.165, 1.54) is 6.07 Å². The van der Waals surface area contributed by atoms with Crippen LogP contribution < -0.4 is 5.32 Å². The van der Waals surface area contributed by atoms with Gasteiger partial charge in [-0.05, 0) is 19.1 Å². The Bertz CT molecular complexity index is 526. The van der Waals surface area contributed by atoms with Gasteiger partial charge in [0, 0.05) is 0 Å². The lowest BCUT2D eigenvalue weighted by atomic mass is 10.3. The van der Waals surface area contributed by atoms with Gasteiger partial charge in [-0.3, -0.25) is 10.1 Å². The third kappa shape index (κ3) is 2.34. The first-order valence-corrected chi connectivity index (χ1v) is 4.77. The Morgan fingerprint density at radius 3 is 2.88 bits per heavy atom. The van der Waals surface area contributed by atoms with Crippen LogP contribution >= 0.6 is 11.6 Å². The maximum absolute atomic E-state index is 11.6. The quantitative estimate of drug-likeness (QED) is 0.805. The first-order valence-electron chi connectivity index (χ1n) is 4.39. The van der Waals surface area contributed by atoms with E-state index in [-0.39, 0.29) is 16.9 Å². The molecule has 6 nitrogen and oxygen atoms in total. The van der Waals surface area contributed by atoms with E-state index in [2.05, 4.69) is 20.4 Å². The Hall–Kier alpha value is -1.95. The lowest BCUT2D eigenvalue weighted by Crippen LogP contribution is -2.13. The summed E-state index contributed by atoms with van der Waals surface area (Å²) in [6.07, 6.45) is 0. The number of halogens is 1. The van der Waals surface area contributed by atoms with Crippen LogP contribution in [0.2, 0.25) is 5.15 Å². The van der Waals surface area contributed by atoms with Gasteiger partial charge in [-0.25, -0.2) is 4.98 Å². The molecule has 0 saturated heterocycles. The molecule has 2 aromatic rings. The van der Waals surface area contributed by atoms with E-state index >= 15 is 0 Å². The number of amides is 1. The van der Waals surface area contributed by atoms with Gasteiger partial charge >= 0.3 is 6.01 Å². The highest BCUT2D eigenvalue weighted by atomic mass is 35.5. The van der Waals surface area contributed by atoms with Gasteiger partial charge in [0.2, 0.25) is 0 Å². The van der Waals surface area contributed by atoms with Crippen LogP contribution in [0.15, 0.2) is 22.7 Å². The van der Waals surface area contributed by atoms with Crippen molar-refractivity contribution in [2.24, 2.45) is 0 Å². The minimum Gasteiger partial charge on any atom is -0.315 e. The predicted molar refractivity (Wildman–Crippen MR) is 56.2 cm³/mol. The van der Waals surface area contributed by atoms with E-state index < -0.39 is 5.91 Å². The predicted octanol–water partition coefficient (Wildman–Crippen LogP) is 1.68. The molecule has 0 radical (unpaired) electrons. The van der Waals surface area contributed by atoms with Crippen molar-refractivity contribution in [2.45, 2.75) is 6.92 Å². The summed E-state index contributed by atoms with van der Waals surface area (Å²) in [7, 11) is 0.